The number of benzene rings is 1. The highest BCUT2D eigenvalue weighted by atomic mass is 79.9. The third-order valence-corrected chi connectivity index (χ3v) is 2.13. The van der Waals surface area contributed by atoms with Crippen LogP contribution in [-0.2, 0) is 11.2 Å². The van der Waals surface area contributed by atoms with Gasteiger partial charge < -0.3 is 9.90 Å². The molecule has 0 aliphatic carbocycles. The Hall–Kier alpha value is -0.970. The van der Waals surface area contributed by atoms with Gasteiger partial charge in [-0.1, -0.05) is 0 Å². The molecular weight excluding hydrogens is 246 g/mol. The Balaban J connectivity index is 3.36. The van der Waals surface area contributed by atoms with E-state index in [0.717, 1.165) is 6.07 Å². The van der Waals surface area contributed by atoms with Crippen LogP contribution in [0, 0.1) is 11.6 Å². The van der Waals surface area contributed by atoms with E-state index in [-0.39, 0.29) is 16.5 Å². The number of aromatic hydroxyl groups is 1. The second-order valence-corrected chi connectivity index (χ2v) is 3.21. The number of hydrogen-bond acceptors (Lipinski definition) is 2. The Morgan fingerprint density at radius 1 is 1.54 bits per heavy atom. The summed E-state index contributed by atoms with van der Waals surface area (Å²) in [4.78, 5) is 10.1. The Kier molecular flexibility index (Phi) is 2.98. The van der Waals surface area contributed by atoms with Crippen molar-refractivity contribution in [2.24, 2.45) is 0 Å². The van der Waals surface area contributed by atoms with Gasteiger partial charge >= 0.3 is 0 Å². The lowest BCUT2D eigenvalue weighted by Crippen LogP contribution is -1.96. The summed E-state index contributed by atoms with van der Waals surface area (Å²) < 4.78 is 25.7. The van der Waals surface area contributed by atoms with Crippen molar-refractivity contribution >= 4 is 22.2 Å². The van der Waals surface area contributed by atoms with E-state index in [1.807, 2.05) is 0 Å². The first-order valence-electron chi connectivity index (χ1n) is 3.37. The first kappa shape index (κ1) is 10.1. The molecule has 70 valence electrons. The first-order valence-corrected chi connectivity index (χ1v) is 4.16. The number of rotatable bonds is 2. The van der Waals surface area contributed by atoms with Gasteiger partial charge in [0.1, 0.15) is 12.0 Å². The maximum atomic E-state index is 12.9. The predicted octanol–water partition coefficient (Wildman–Crippen LogP) is 2.17. The molecule has 0 saturated heterocycles. The second-order valence-electron chi connectivity index (χ2n) is 2.35. The van der Waals surface area contributed by atoms with Crippen LogP contribution in [0.5, 0.6) is 5.75 Å². The highest BCUT2D eigenvalue weighted by Crippen LogP contribution is 2.31. The van der Waals surface area contributed by atoms with Gasteiger partial charge in [-0.2, -0.15) is 0 Å². The minimum atomic E-state index is -1.19. The summed E-state index contributed by atoms with van der Waals surface area (Å²) in [6.45, 7) is 0. The van der Waals surface area contributed by atoms with Crippen molar-refractivity contribution in [1.82, 2.24) is 0 Å². The largest absolute Gasteiger partial charge is 0.506 e. The molecule has 2 nitrogen and oxygen atoms in total. The Bertz CT molecular complexity index is 326. The van der Waals surface area contributed by atoms with Crippen molar-refractivity contribution in [3.63, 3.8) is 0 Å². The zero-order valence-corrected chi connectivity index (χ0v) is 7.94. The van der Waals surface area contributed by atoms with E-state index in [1.54, 1.807) is 0 Å². The summed E-state index contributed by atoms with van der Waals surface area (Å²) in [6, 6.07) is 0.805. The molecule has 0 aliphatic rings. The van der Waals surface area contributed by atoms with Crippen LogP contribution in [0.3, 0.4) is 0 Å². The topological polar surface area (TPSA) is 37.3 Å². The predicted molar refractivity (Wildman–Crippen MR) is 45.5 cm³/mol. The van der Waals surface area contributed by atoms with Crippen molar-refractivity contribution in [3.8, 4) is 5.75 Å². The fourth-order valence-corrected chi connectivity index (χ4v) is 1.35. The fraction of sp³-hybridized carbons (Fsp3) is 0.125. The summed E-state index contributed by atoms with van der Waals surface area (Å²) in [6.07, 6.45) is 0.0397. The molecule has 0 aliphatic heterocycles. The van der Waals surface area contributed by atoms with Crippen molar-refractivity contribution in [2.45, 2.75) is 6.42 Å². The molecule has 0 aromatic heterocycles. The van der Waals surface area contributed by atoms with E-state index < -0.39 is 17.4 Å². The first-order chi connectivity index (χ1) is 6.07. The lowest BCUT2D eigenvalue weighted by Gasteiger charge is -2.05. The number of carbonyl (C=O) groups excluding carboxylic acids is 1. The molecule has 13 heavy (non-hydrogen) atoms. The highest BCUT2D eigenvalue weighted by molar-refractivity contribution is 9.10. The lowest BCUT2D eigenvalue weighted by molar-refractivity contribution is -0.107. The average molecular weight is 251 g/mol. The van der Waals surface area contributed by atoms with Crippen LogP contribution in [0.2, 0.25) is 0 Å². The quantitative estimate of drug-likeness (QED) is 0.646. The van der Waals surface area contributed by atoms with Crippen molar-refractivity contribution < 1.29 is 18.7 Å². The SMILES string of the molecule is O=CCc1c(O)c(Br)cc(F)c1F. The van der Waals surface area contributed by atoms with E-state index in [2.05, 4.69) is 15.9 Å². The van der Waals surface area contributed by atoms with Crippen molar-refractivity contribution in [1.29, 1.82) is 0 Å². The molecule has 0 radical (unpaired) electrons. The Morgan fingerprint density at radius 3 is 2.69 bits per heavy atom. The highest BCUT2D eigenvalue weighted by Gasteiger charge is 2.15. The minimum absolute atomic E-state index is 0.0308. The van der Waals surface area contributed by atoms with Crippen LogP contribution in [-0.4, -0.2) is 11.4 Å². The van der Waals surface area contributed by atoms with Gasteiger partial charge in [0.15, 0.2) is 11.6 Å². The number of carbonyl (C=O) groups is 1. The minimum Gasteiger partial charge on any atom is -0.506 e. The van der Waals surface area contributed by atoms with Crippen LogP contribution in [0.1, 0.15) is 5.56 Å². The molecular formula is C8H5BrF2O2. The Morgan fingerprint density at radius 2 is 2.15 bits per heavy atom. The molecule has 1 aromatic rings. The molecule has 0 heterocycles. The van der Waals surface area contributed by atoms with Gasteiger partial charge in [-0.25, -0.2) is 8.78 Å². The summed E-state index contributed by atoms with van der Waals surface area (Å²) in [5.41, 5.74) is -0.332. The average Bonchev–Trinajstić information content (AvgIpc) is 2.09. The number of aldehydes is 1. The van der Waals surface area contributed by atoms with Gasteiger partial charge in [0.05, 0.1) is 4.47 Å². The zero-order chi connectivity index (χ0) is 10.0. The van der Waals surface area contributed by atoms with Gasteiger partial charge in [0.2, 0.25) is 0 Å². The molecule has 1 aromatic carbocycles. The third kappa shape index (κ3) is 1.85. The van der Waals surface area contributed by atoms with Crippen molar-refractivity contribution in [3.05, 3.63) is 27.7 Å². The molecule has 1 N–H and O–H groups in total. The van der Waals surface area contributed by atoms with Gasteiger partial charge in [0, 0.05) is 12.0 Å². The summed E-state index contributed by atoms with van der Waals surface area (Å²) in [7, 11) is 0. The van der Waals surface area contributed by atoms with E-state index in [4.69, 9.17) is 0 Å². The van der Waals surface area contributed by atoms with E-state index >= 15 is 0 Å². The van der Waals surface area contributed by atoms with E-state index in [9.17, 15) is 18.7 Å². The summed E-state index contributed by atoms with van der Waals surface area (Å²) >= 11 is 2.83. The van der Waals surface area contributed by atoms with Gasteiger partial charge in [0.25, 0.3) is 0 Å². The molecule has 0 atom stereocenters. The number of phenolic OH excluding ortho intramolecular Hbond substituents is 1. The number of hydrogen-bond donors (Lipinski definition) is 1. The smallest absolute Gasteiger partial charge is 0.166 e. The van der Waals surface area contributed by atoms with Crippen LogP contribution in [0.4, 0.5) is 8.78 Å². The number of halogens is 3. The second kappa shape index (κ2) is 3.83. The normalized spacial score (nSPS) is 10.1. The molecule has 0 spiro atoms. The molecule has 5 heteroatoms. The van der Waals surface area contributed by atoms with Crippen LogP contribution in [0.25, 0.3) is 0 Å². The van der Waals surface area contributed by atoms with E-state index in [0.29, 0.717) is 6.29 Å². The van der Waals surface area contributed by atoms with Gasteiger partial charge in [-0.3, -0.25) is 0 Å². The van der Waals surface area contributed by atoms with Crippen LogP contribution < -0.4 is 0 Å². The summed E-state index contributed by atoms with van der Waals surface area (Å²) in [5.74, 6) is -2.72. The molecule has 0 saturated carbocycles. The zero-order valence-electron chi connectivity index (χ0n) is 6.35. The maximum absolute atomic E-state index is 12.9. The molecule has 0 amide bonds. The van der Waals surface area contributed by atoms with Crippen molar-refractivity contribution in [2.75, 3.05) is 0 Å². The van der Waals surface area contributed by atoms with Crippen LogP contribution in [0.15, 0.2) is 10.5 Å². The summed E-state index contributed by atoms with van der Waals surface area (Å²) in [5, 5.41) is 9.22. The Labute approximate surface area is 81.3 Å². The van der Waals surface area contributed by atoms with Gasteiger partial charge in [-0.15, -0.1) is 0 Å². The maximum Gasteiger partial charge on any atom is 0.166 e. The third-order valence-electron chi connectivity index (χ3n) is 1.53. The lowest BCUT2D eigenvalue weighted by atomic mass is 10.1. The monoisotopic (exact) mass is 250 g/mol. The van der Waals surface area contributed by atoms with Gasteiger partial charge in [-0.05, 0) is 22.0 Å². The fourth-order valence-electron chi connectivity index (χ4n) is 0.905. The van der Waals surface area contributed by atoms with Crippen LogP contribution >= 0.6 is 15.9 Å². The standard InChI is InChI=1S/C8H5BrF2O2/c9-5-3-6(10)7(11)4(1-2-12)8(5)13/h2-3,13H,1H2. The molecule has 0 bridgehead atoms. The molecule has 0 unspecified atom stereocenters. The van der Waals surface area contributed by atoms with E-state index in [1.165, 1.54) is 0 Å². The molecule has 0 fully saturated rings. The number of phenols is 1. The molecule has 1 rings (SSSR count).